The lowest BCUT2D eigenvalue weighted by molar-refractivity contribution is 0.300. The van der Waals surface area contributed by atoms with Crippen LogP contribution in [0.15, 0.2) is 24.3 Å². The first-order valence-electron chi connectivity index (χ1n) is 6.29. The van der Waals surface area contributed by atoms with Crippen molar-refractivity contribution in [2.45, 2.75) is 27.2 Å². The van der Waals surface area contributed by atoms with E-state index in [-0.39, 0.29) is 0 Å². The van der Waals surface area contributed by atoms with Crippen molar-refractivity contribution in [3.05, 3.63) is 29.8 Å². The third-order valence-corrected chi connectivity index (χ3v) is 2.88. The molecular formula is C14H24N2. The number of benzene rings is 1. The van der Waals surface area contributed by atoms with Crippen LogP contribution in [0.5, 0.6) is 0 Å². The van der Waals surface area contributed by atoms with Crippen molar-refractivity contribution in [2.24, 2.45) is 0 Å². The maximum Gasteiger partial charge on any atom is 0.0370 e. The maximum absolute atomic E-state index is 3.49. The van der Waals surface area contributed by atoms with Gasteiger partial charge in [-0.25, -0.2) is 0 Å². The highest BCUT2D eigenvalue weighted by Crippen LogP contribution is 2.12. The number of nitrogens with one attached hydrogen (secondary N) is 1. The van der Waals surface area contributed by atoms with Gasteiger partial charge in [0.1, 0.15) is 0 Å². The topological polar surface area (TPSA) is 15.3 Å². The van der Waals surface area contributed by atoms with Crippen LogP contribution in [-0.2, 0) is 0 Å². The van der Waals surface area contributed by atoms with Crippen molar-refractivity contribution < 1.29 is 0 Å². The molecule has 0 saturated heterocycles. The van der Waals surface area contributed by atoms with Crippen LogP contribution in [-0.4, -0.2) is 31.1 Å². The number of likely N-dealkylation sites (N-methyl/N-ethyl adjacent to an activating group) is 1. The maximum atomic E-state index is 3.49. The molecule has 0 aromatic heterocycles. The summed E-state index contributed by atoms with van der Waals surface area (Å²) < 4.78 is 0. The highest BCUT2D eigenvalue weighted by molar-refractivity contribution is 5.50. The molecule has 0 atom stereocenters. The van der Waals surface area contributed by atoms with Gasteiger partial charge >= 0.3 is 0 Å². The van der Waals surface area contributed by atoms with Crippen LogP contribution < -0.4 is 5.32 Å². The van der Waals surface area contributed by atoms with Crippen molar-refractivity contribution >= 4 is 5.69 Å². The van der Waals surface area contributed by atoms with Crippen LogP contribution in [0.2, 0.25) is 0 Å². The van der Waals surface area contributed by atoms with Gasteiger partial charge in [-0.05, 0) is 38.1 Å². The number of aryl methyl sites for hydroxylation is 1. The van der Waals surface area contributed by atoms with E-state index in [9.17, 15) is 0 Å². The largest absolute Gasteiger partial charge is 0.384 e. The second-order valence-electron chi connectivity index (χ2n) is 4.18. The van der Waals surface area contributed by atoms with Crippen LogP contribution >= 0.6 is 0 Å². The molecular weight excluding hydrogens is 196 g/mol. The van der Waals surface area contributed by atoms with Gasteiger partial charge < -0.3 is 10.2 Å². The average molecular weight is 220 g/mol. The number of nitrogens with zero attached hydrogens (tertiary/aromatic N) is 1. The zero-order valence-electron chi connectivity index (χ0n) is 10.8. The van der Waals surface area contributed by atoms with E-state index in [1.165, 1.54) is 24.2 Å². The first-order valence-corrected chi connectivity index (χ1v) is 6.29. The van der Waals surface area contributed by atoms with Gasteiger partial charge in [0.15, 0.2) is 0 Å². The fourth-order valence-electron chi connectivity index (χ4n) is 1.86. The minimum absolute atomic E-state index is 1.03. The van der Waals surface area contributed by atoms with E-state index in [0.29, 0.717) is 0 Å². The summed E-state index contributed by atoms with van der Waals surface area (Å²) in [6, 6.07) is 8.45. The Morgan fingerprint density at radius 2 is 1.88 bits per heavy atom. The third kappa shape index (κ3) is 4.23. The molecule has 1 aromatic rings. The van der Waals surface area contributed by atoms with Crippen LogP contribution in [0.25, 0.3) is 0 Å². The molecule has 0 amide bonds. The first kappa shape index (κ1) is 13.0. The molecule has 1 aromatic carbocycles. The standard InChI is InChI=1S/C14H24N2/c1-4-11-16(5-2)12-10-15-14-9-7-6-8-13(14)3/h6-9,15H,4-5,10-12H2,1-3H3. The predicted molar refractivity (Wildman–Crippen MR) is 72.1 cm³/mol. The molecule has 0 heterocycles. The summed E-state index contributed by atoms with van der Waals surface area (Å²) >= 11 is 0. The summed E-state index contributed by atoms with van der Waals surface area (Å²) in [6.07, 6.45) is 1.23. The second-order valence-corrected chi connectivity index (χ2v) is 4.18. The normalized spacial score (nSPS) is 10.8. The molecule has 0 aliphatic rings. The van der Waals surface area contributed by atoms with E-state index in [1.807, 2.05) is 0 Å². The molecule has 16 heavy (non-hydrogen) atoms. The lowest BCUT2D eigenvalue weighted by Gasteiger charge is -2.20. The molecule has 1 N–H and O–H groups in total. The molecule has 1 rings (SSSR count). The summed E-state index contributed by atoms with van der Waals surface area (Å²) in [5, 5.41) is 3.49. The fourth-order valence-corrected chi connectivity index (χ4v) is 1.86. The molecule has 0 spiro atoms. The van der Waals surface area contributed by atoms with E-state index in [4.69, 9.17) is 0 Å². The third-order valence-electron chi connectivity index (χ3n) is 2.88. The van der Waals surface area contributed by atoms with Crippen molar-refractivity contribution in [3.8, 4) is 0 Å². The Bertz CT molecular complexity index is 297. The predicted octanol–water partition coefficient (Wildman–Crippen LogP) is 3.14. The van der Waals surface area contributed by atoms with Crippen molar-refractivity contribution in [1.29, 1.82) is 0 Å². The molecule has 0 radical (unpaired) electrons. The number of rotatable bonds is 7. The number of para-hydroxylation sites is 1. The quantitative estimate of drug-likeness (QED) is 0.759. The van der Waals surface area contributed by atoms with Crippen LogP contribution in [0.4, 0.5) is 5.69 Å². The van der Waals surface area contributed by atoms with E-state index in [1.54, 1.807) is 0 Å². The first-order chi connectivity index (χ1) is 7.77. The summed E-state index contributed by atoms with van der Waals surface area (Å²) in [6.45, 7) is 11.1. The lowest BCUT2D eigenvalue weighted by Crippen LogP contribution is -2.29. The lowest BCUT2D eigenvalue weighted by atomic mass is 10.2. The molecule has 0 aliphatic carbocycles. The summed E-state index contributed by atoms with van der Waals surface area (Å²) in [5.41, 5.74) is 2.58. The number of hydrogen-bond acceptors (Lipinski definition) is 2. The Morgan fingerprint density at radius 1 is 1.12 bits per heavy atom. The Morgan fingerprint density at radius 3 is 2.50 bits per heavy atom. The van der Waals surface area contributed by atoms with E-state index in [0.717, 1.165) is 19.6 Å². The van der Waals surface area contributed by atoms with Crippen LogP contribution in [0, 0.1) is 6.92 Å². The number of anilines is 1. The molecule has 0 saturated carbocycles. The van der Waals surface area contributed by atoms with E-state index < -0.39 is 0 Å². The molecule has 90 valence electrons. The van der Waals surface area contributed by atoms with Gasteiger partial charge in [-0.15, -0.1) is 0 Å². The van der Waals surface area contributed by atoms with Crippen molar-refractivity contribution in [2.75, 3.05) is 31.5 Å². The smallest absolute Gasteiger partial charge is 0.0370 e. The second kappa shape index (κ2) is 7.29. The summed E-state index contributed by atoms with van der Waals surface area (Å²) in [5.74, 6) is 0. The van der Waals surface area contributed by atoms with Gasteiger partial charge in [0.05, 0.1) is 0 Å². The monoisotopic (exact) mass is 220 g/mol. The van der Waals surface area contributed by atoms with Crippen LogP contribution in [0.1, 0.15) is 25.8 Å². The minimum Gasteiger partial charge on any atom is -0.384 e. The highest BCUT2D eigenvalue weighted by atomic mass is 15.1. The number of hydrogen-bond donors (Lipinski definition) is 1. The minimum atomic E-state index is 1.03. The van der Waals surface area contributed by atoms with E-state index in [2.05, 4.69) is 55.3 Å². The molecule has 0 aliphatic heterocycles. The van der Waals surface area contributed by atoms with Gasteiger partial charge in [-0.1, -0.05) is 32.0 Å². The Balaban J connectivity index is 2.32. The van der Waals surface area contributed by atoms with Crippen molar-refractivity contribution in [3.63, 3.8) is 0 Å². The summed E-state index contributed by atoms with van der Waals surface area (Å²) in [7, 11) is 0. The van der Waals surface area contributed by atoms with Crippen molar-refractivity contribution in [1.82, 2.24) is 4.90 Å². The van der Waals surface area contributed by atoms with Gasteiger partial charge in [-0.3, -0.25) is 0 Å². The molecule has 0 bridgehead atoms. The zero-order valence-corrected chi connectivity index (χ0v) is 10.8. The van der Waals surface area contributed by atoms with Gasteiger partial charge in [-0.2, -0.15) is 0 Å². The average Bonchev–Trinajstić information content (AvgIpc) is 2.30. The Labute approximate surface area is 99.7 Å². The van der Waals surface area contributed by atoms with Crippen LogP contribution in [0.3, 0.4) is 0 Å². The van der Waals surface area contributed by atoms with Gasteiger partial charge in [0.25, 0.3) is 0 Å². The SMILES string of the molecule is CCCN(CC)CCNc1ccccc1C. The van der Waals surface area contributed by atoms with Gasteiger partial charge in [0, 0.05) is 18.8 Å². The zero-order chi connectivity index (χ0) is 11.8. The Kier molecular flexibility index (Phi) is 5.94. The van der Waals surface area contributed by atoms with E-state index >= 15 is 0 Å². The highest BCUT2D eigenvalue weighted by Gasteiger charge is 2.00. The molecule has 0 fully saturated rings. The molecule has 2 nitrogen and oxygen atoms in total. The van der Waals surface area contributed by atoms with Gasteiger partial charge in [0.2, 0.25) is 0 Å². The summed E-state index contributed by atoms with van der Waals surface area (Å²) in [4.78, 5) is 2.48. The molecule has 0 unspecified atom stereocenters. The Hall–Kier alpha value is -1.02. The fraction of sp³-hybridized carbons (Fsp3) is 0.571. The molecule has 2 heteroatoms.